The van der Waals surface area contributed by atoms with Crippen molar-refractivity contribution in [3.63, 3.8) is 0 Å². The number of alkyl halides is 6. The molecule has 0 saturated carbocycles. The lowest BCUT2D eigenvalue weighted by Gasteiger charge is -2.32. The summed E-state index contributed by atoms with van der Waals surface area (Å²) in [6.07, 6.45) is -7.94. The summed E-state index contributed by atoms with van der Waals surface area (Å²) in [6, 6.07) is 0. The van der Waals surface area contributed by atoms with Gasteiger partial charge in [0, 0.05) is 23.0 Å². The Morgan fingerprint density at radius 1 is 0.731 bits per heavy atom. The highest BCUT2D eigenvalue weighted by molar-refractivity contribution is 6.03. The van der Waals surface area contributed by atoms with E-state index in [1.165, 1.54) is 0 Å². The molecule has 0 saturated heterocycles. The molecule has 2 aliphatic rings. The van der Waals surface area contributed by atoms with Gasteiger partial charge in [-0.3, -0.25) is 0 Å². The minimum Gasteiger partial charge on any atom is -0.488 e. The van der Waals surface area contributed by atoms with Gasteiger partial charge >= 0.3 is 12.4 Å². The van der Waals surface area contributed by atoms with E-state index >= 15 is 0 Å². The summed E-state index contributed by atoms with van der Waals surface area (Å²) in [5, 5.41) is 7.63. The Balaban J connectivity index is 2.48. The Kier molecular flexibility index (Phi) is 4.93. The van der Waals surface area contributed by atoms with Crippen LogP contribution in [-0.4, -0.2) is 37.0 Å². The summed E-state index contributed by atoms with van der Waals surface area (Å²) in [5.41, 5.74) is -1.84. The van der Waals surface area contributed by atoms with Crippen molar-refractivity contribution in [2.24, 2.45) is 21.0 Å². The number of hydrogen-bond donors (Lipinski definition) is 0. The van der Waals surface area contributed by atoms with Crippen LogP contribution in [0.3, 0.4) is 0 Å². The van der Waals surface area contributed by atoms with Crippen LogP contribution in [0.25, 0.3) is 0 Å². The van der Waals surface area contributed by atoms with Gasteiger partial charge in [0.15, 0.2) is 0 Å². The zero-order valence-corrected chi connectivity index (χ0v) is 14.5. The van der Waals surface area contributed by atoms with Crippen LogP contribution in [0.1, 0.15) is 27.7 Å². The summed E-state index contributed by atoms with van der Waals surface area (Å²) >= 11 is 0. The van der Waals surface area contributed by atoms with Gasteiger partial charge in [-0.15, -0.1) is 0 Å². The number of hydrogen-bond acceptors (Lipinski definition) is 4. The van der Waals surface area contributed by atoms with Crippen LogP contribution in [-0.2, 0) is 9.47 Å². The van der Waals surface area contributed by atoms with Crippen LogP contribution in [0.4, 0.5) is 26.3 Å². The van der Waals surface area contributed by atoms with E-state index in [1.54, 1.807) is 27.7 Å². The Morgan fingerprint density at radius 2 is 1.04 bits per heavy atom. The van der Waals surface area contributed by atoms with Crippen molar-refractivity contribution >= 4 is 11.4 Å². The largest absolute Gasteiger partial charge is 0.488 e. The van der Waals surface area contributed by atoms with Crippen molar-refractivity contribution in [3.8, 4) is 0 Å². The molecule has 2 aliphatic heterocycles. The molecule has 146 valence electrons. The van der Waals surface area contributed by atoms with E-state index in [0.717, 1.165) is 0 Å². The second-order valence-electron chi connectivity index (χ2n) is 7.33. The topological polar surface area (TPSA) is 43.2 Å². The highest BCUT2D eigenvalue weighted by Gasteiger charge is 2.43. The van der Waals surface area contributed by atoms with Crippen molar-refractivity contribution in [2.75, 3.05) is 13.2 Å². The maximum atomic E-state index is 12.8. The minimum absolute atomic E-state index is 0.0344. The number of allylic oxidation sites excluding steroid dienone is 4. The first-order valence-corrected chi connectivity index (χ1v) is 7.63. The van der Waals surface area contributed by atoms with Gasteiger partial charge in [0.2, 0.25) is 11.5 Å². The van der Waals surface area contributed by atoms with Crippen LogP contribution < -0.4 is 0 Å². The van der Waals surface area contributed by atoms with Crippen LogP contribution in [0.15, 0.2) is 33.9 Å². The summed E-state index contributed by atoms with van der Waals surface area (Å²) in [5.74, 6) is -2.43. The quantitative estimate of drug-likeness (QED) is 0.482. The maximum absolute atomic E-state index is 12.8. The van der Waals surface area contributed by atoms with Crippen molar-refractivity contribution in [3.05, 3.63) is 23.7 Å². The predicted molar refractivity (Wildman–Crippen MR) is 82.6 cm³/mol. The molecule has 10 heteroatoms. The van der Waals surface area contributed by atoms with E-state index in [4.69, 9.17) is 9.47 Å². The van der Waals surface area contributed by atoms with Crippen LogP contribution >= 0.6 is 0 Å². The number of halogens is 6. The predicted octanol–water partition coefficient (Wildman–Crippen LogP) is 4.79. The Hall–Kier alpha value is -2.00. The zero-order valence-electron chi connectivity index (χ0n) is 14.5. The van der Waals surface area contributed by atoms with Crippen molar-refractivity contribution in [2.45, 2.75) is 40.0 Å². The van der Waals surface area contributed by atoms with Gasteiger partial charge in [0.1, 0.15) is 0 Å². The first kappa shape index (κ1) is 20.3. The molecule has 0 unspecified atom stereocenters. The molecule has 0 aliphatic carbocycles. The van der Waals surface area contributed by atoms with E-state index in [0.29, 0.717) is 12.2 Å². The Morgan fingerprint density at radius 3 is 1.31 bits per heavy atom. The van der Waals surface area contributed by atoms with Gasteiger partial charge in [0.05, 0.1) is 24.6 Å². The lowest BCUT2D eigenvalue weighted by Crippen LogP contribution is -2.37. The first-order valence-electron chi connectivity index (χ1n) is 7.63. The molecular formula is C16H18F6N2O2. The fourth-order valence-electron chi connectivity index (χ4n) is 2.15. The van der Waals surface area contributed by atoms with Crippen LogP contribution in [0.5, 0.6) is 0 Å². The Labute approximate surface area is 146 Å². The second-order valence-corrected chi connectivity index (χ2v) is 7.33. The molecule has 4 nitrogen and oxygen atoms in total. The van der Waals surface area contributed by atoms with Crippen LogP contribution in [0.2, 0.25) is 0 Å². The summed E-state index contributed by atoms with van der Waals surface area (Å²) < 4.78 is 86.4. The van der Waals surface area contributed by atoms with E-state index in [1.807, 2.05) is 0 Å². The lowest BCUT2D eigenvalue weighted by atomic mass is 9.86. The highest BCUT2D eigenvalue weighted by atomic mass is 19.4. The highest BCUT2D eigenvalue weighted by Crippen LogP contribution is 2.36. The molecule has 0 bridgehead atoms. The molecule has 0 amide bonds. The SMILES string of the molecule is CC1(C)COC(C(F)(F)F)=C/C1=N/N=C1\C=C(C(F)(F)F)OCC1(C)C. The summed E-state index contributed by atoms with van der Waals surface area (Å²) in [7, 11) is 0. The van der Waals surface area contributed by atoms with E-state index in [9.17, 15) is 26.3 Å². The van der Waals surface area contributed by atoms with Gasteiger partial charge in [0.25, 0.3) is 0 Å². The smallest absolute Gasteiger partial charge is 0.448 e. The van der Waals surface area contributed by atoms with Crippen molar-refractivity contribution in [1.82, 2.24) is 0 Å². The van der Waals surface area contributed by atoms with Gasteiger partial charge in [-0.1, -0.05) is 27.7 Å². The average molecular weight is 384 g/mol. The Bertz CT molecular complexity index is 637. The third-order valence-electron chi connectivity index (χ3n) is 3.92. The summed E-state index contributed by atoms with van der Waals surface area (Å²) in [6.45, 7) is 5.84. The molecular weight excluding hydrogens is 366 g/mol. The van der Waals surface area contributed by atoms with Gasteiger partial charge < -0.3 is 9.47 Å². The fourth-order valence-corrected chi connectivity index (χ4v) is 2.15. The first-order chi connectivity index (χ1) is 11.6. The zero-order chi connectivity index (χ0) is 20.0. The molecule has 2 heterocycles. The molecule has 0 aromatic rings. The molecule has 0 radical (unpaired) electrons. The minimum atomic E-state index is -4.69. The molecule has 0 fully saturated rings. The second kappa shape index (κ2) is 6.31. The standard InChI is InChI=1S/C16H18F6N2O2/c1-13(2)7-25-11(15(17,18)19)5-9(13)23-24-10-6-12(16(20,21)22)26-8-14(10,3)4/h5-6H,7-8H2,1-4H3/b23-9-,24-10+. The molecule has 0 aromatic carbocycles. The molecule has 0 N–H and O–H groups in total. The third kappa shape index (κ3) is 4.39. The van der Waals surface area contributed by atoms with E-state index in [-0.39, 0.29) is 24.6 Å². The van der Waals surface area contributed by atoms with E-state index in [2.05, 4.69) is 10.2 Å². The molecule has 26 heavy (non-hydrogen) atoms. The lowest BCUT2D eigenvalue weighted by molar-refractivity contribution is -0.136. The number of ether oxygens (including phenoxy) is 2. The van der Waals surface area contributed by atoms with Gasteiger partial charge in [-0.2, -0.15) is 36.5 Å². The number of rotatable bonds is 1. The monoisotopic (exact) mass is 384 g/mol. The van der Waals surface area contributed by atoms with Gasteiger partial charge in [-0.05, 0) is 0 Å². The van der Waals surface area contributed by atoms with Crippen molar-refractivity contribution < 1.29 is 35.8 Å². The van der Waals surface area contributed by atoms with E-state index < -0.39 is 34.7 Å². The summed E-state index contributed by atoms with van der Waals surface area (Å²) in [4.78, 5) is 0. The molecule has 2 rings (SSSR count). The fraction of sp³-hybridized carbons (Fsp3) is 0.625. The molecule has 0 spiro atoms. The van der Waals surface area contributed by atoms with Crippen LogP contribution in [0, 0.1) is 10.8 Å². The average Bonchev–Trinajstić information content (AvgIpc) is 2.44. The normalized spacial score (nSPS) is 26.1. The molecule has 0 aromatic heterocycles. The van der Waals surface area contributed by atoms with Gasteiger partial charge in [-0.25, -0.2) is 0 Å². The number of nitrogens with zero attached hydrogens (tertiary/aromatic N) is 2. The van der Waals surface area contributed by atoms with Crippen molar-refractivity contribution in [1.29, 1.82) is 0 Å². The maximum Gasteiger partial charge on any atom is 0.448 e. The third-order valence-corrected chi connectivity index (χ3v) is 3.92. The molecule has 0 atom stereocenters.